The molecule has 1 aliphatic rings. The highest BCUT2D eigenvalue weighted by Gasteiger charge is 2.37. The number of aliphatic hydroxyl groups excluding tert-OH is 1. The van der Waals surface area contributed by atoms with Gasteiger partial charge in [-0.05, 0) is 25.0 Å². The van der Waals surface area contributed by atoms with E-state index in [1.807, 2.05) is 0 Å². The maximum absolute atomic E-state index is 14.2. The molecule has 2 N–H and O–H groups in total. The van der Waals surface area contributed by atoms with Crippen LogP contribution in [0.3, 0.4) is 0 Å². The smallest absolute Gasteiger partial charge is 0.338 e. The Balaban J connectivity index is 2.57. The number of hydrogen-bond acceptors (Lipinski definition) is 4. The van der Waals surface area contributed by atoms with Gasteiger partial charge in [-0.2, -0.15) is 4.31 Å². The second kappa shape index (κ2) is 5.99. The van der Waals surface area contributed by atoms with Gasteiger partial charge >= 0.3 is 5.97 Å². The molecule has 9 heteroatoms. The topological polar surface area (TPSA) is 94.9 Å². The highest BCUT2D eigenvalue weighted by atomic mass is 79.9. The van der Waals surface area contributed by atoms with Crippen molar-refractivity contribution in [2.45, 2.75) is 23.8 Å². The van der Waals surface area contributed by atoms with Crippen molar-refractivity contribution >= 4 is 31.9 Å². The van der Waals surface area contributed by atoms with Crippen molar-refractivity contribution in [2.24, 2.45) is 0 Å². The molecule has 0 spiro atoms. The molecule has 1 aromatic carbocycles. The molecule has 1 atom stereocenters. The summed E-state index contributed by atoms with van der Waals surface area (Å²) in [5.74, 6) is -2.85. The first-order chi connectivity index (χ1) is 9.78. The summed E-state index contributed by atoms with van der Waals surface area (Å²) in [6.07, 6.45) is 1.04. The lowest BCUT2D eigenvalue weighted by Crippen LogP contribution is -2.38. The van der Waals surface area contributed by atoms with E-state index in [1.54, 1.807) is 0 Å². The highest BCUT2D eigenvalue weighted by Crippen LogP contribution is 2.30. The molecule has 1 aliphatic heterocycles. The molecule has 0 saturated carbocycles. The Hall–Kier alpha value is -1.03. The molecule has 6 nitrogen and oxygen atoms in total. The van der Waals surface area contributed by atoms with Crippen molar-refractivity contribution < 1.29 is 27.8 Å². The van der Waals surface area contributed by atoms with Gasteiger partial charge in [-0.25, -0.2) is 17.6 Å². The molecule has 0 amide bonds. The van der Waals surface area contributed by atoms with Gasteiger partial charge in [-0.15, -0.1) is 0 Å². The number of rotatable bonds is 4. The molecule has 0 aromatic heterocycles. The highest BCUT2D eigenvalue weighted by molar-refractivity contribution is 9.10. The summed E-state index contributed by atoms with van der Waals surface area (Å²) in [5, 5.41) is 18.1. The molecule has 1 unspecified atom stereocenters. The number of hydrogen-bond donors (Lipinski definition) is 2. The van der Waals surface area contributed by atoms with Gasteiger partial charge in [0.05, 0.1) is 12.2 Å². The van der Waals surface area contributed by atoms with E-state index in [1.165, 1.54) is 0 Å². The number of nitrogens with zero attached hydrogens (tertiary/aromatic N) is 1. The fourth-order valence-corrected chi connectivity index (χ4v) is 4.75. The van der Waals surface area contributed by atoms with Crippen molar-refractivity contribution in [3.8, 4) is 0 Å². The quantitative estimate of drug-likeness (QED) is 0.822. The van der Waals surface area contributed by atoms with Crippen LogP contribution in [0, 0.1) is 5.82 Å². The largest absolute Gasteiger partial charge is 0.478 e. The van der Waals surface area contributed by atoms with Crippen molar-refractivity contribution in [1.82, 2.24) is 4.31 Å². The van der Waals surface area contributed by atoms with Crippen LogP contribution in [-0.2, 0) is 10.0 Å². The third-order valence-corrected chi connectivity index (χ3v) is 5.76. The van der Waals surface area contributed by atoms with E-state index in [4.69, 9.17) is 5.11 Å². The first kappa shape index (κ1) is 16.3. The molecular formula is C12H13BrFNO5S. The number of halogens is 2. The molecule has 1 aromatic rings. The summed E-state index contributed by atoms with van der Waals surface area (Å²) >= 11 is 2.99. The standard InChI is InChI=1S/C12H13BrFNO5S/c13-7-4-9(12(17)18)11(14)10(5-7)21(19,20)15-3-1-2-8(15)6-16/h4-5,8,16H,1-3,6H2,(H,17,18). The average molecular weight is 382 g/mol. The van der Waals surface area contributed by atoms with Crippen LogP contribution in [0.2, 0.25) is 0 Å². The number of aliphatic hydroxyl groups is 1. The molecule has 0 bridgehead atoms. The van der Waals surface area contributed by atoms with Crippen LogP contribution in [0.15, 0.2) is 21.5 Å². The number of sulfonamides is 1. The van der Waals surface area contributed by atoms with Crippen LogP contribution in [0.25, 0.3) is 0 Å². The summed E-state index contributed by atoms with van der Waals surface area (Å²) in [4.78, 5) is 10.3. The lowest BCUT2D eigenvalue weighted by Gasteiger charge is -2.23. The number of benzene rings is 1. The fourth-order valence-electron chi connectivity index (χ4n) is 2.34. The lowest BCUT2D eigenvalue weighted by molar-refractivity contribution is 0.0691. The molecule has 2 rings (SSSR count). The monoisotopic (exact) mass is 381 g/mol. The zero-order chi connectivity index (χ0) is 15.8. The van der Waals surface area contributed by atoms with Gasteiger partial charge in [0.15, 0.2) is 5.82 Å². The van der Waals surface area contributed by atoms with Crippen molar-refractivity contribution in [2.75, 3.05) is 13.2 Å². The molecule has 1 saturated heterocycles. The van der Waals surface area contributed by atoms with E-state index in [2.05, 4.69) is 15.9 Å². The van der Waals surface area contributed by atoms with Crippen LogP contribution < -0.4 is 0 Å². The van der Waals surface area contributed by atoms with E-state index in [-0.39, 0.29) is 17.6 Å². The first-order valence-corrected chi connectivity index (χ1v) is 8.37. The second-order valence-electron chi connectivity index (χ2n) is 4.67. The van der Waals surface area contributed by atoms with Gasteiger partial charge in [0, 0.05) is 17.1 Å². The van der Waals surface area contributed by atoms with Crippen LogP contribution in [0.1, 0.15) is 23.2 Å². The molecule has 1 heterocycles. The number of carboxylic acids is 1. The maximum atomic E-state index is 14.2. The van der Waals surface area contributed by atoms with E-state index in [9.17, 15) is 22.7 Å². The zero-order valence-electron chi connectivity index (χ0n) is 10.8. The third-order valence-electron chi connectivity index (χ3n) is 3.35. The molecule has 0 aliphatic carbocycles. The predicted molar refractivity (Wildman–Crippen MR) is 75.1 cm³/mol. The summed E-state index contributed by atoms with van der Waals surface area (Å²) < 4.78 is 40.4. The maximum Gasteiger partial charge on any atom is 0.338 e. The second-order valence-corrected chi connectivity index (χ2v) is 7.44. The Morgan fingerprint density at radius 3 is 2.71 bits per heavy atom. The molecule has 116 valence electrons. The van der Waals surface area contributed by atoms with E-state index >= 15 is 0 Å². The van der Waals surface area contributed by atoms with E-state index < -0.39 is 38.3 Å². The zero-order valence-corrected chi connectivity index (χ0v) is 13.2. The van der Waals surface area contributed by atoms with Crippen LogP contribution in [0.4, 0.5) is 4.39 Å². The summed E-state index contributed by atoms with van der Waals surface area (Å²) in [5.41, 5.74) is -0.720. The van der Waals surface area contributed by atoms with E-state index in [0.29, 0.717) is 12.8 Å². The SMILES string of the molecule is O=C(O)c1cc(Br)cc(S(=O)(=O)N2CCCC2CO)c1F. The Labute approximate surface area is 129 Å². The minimum atomic E-state index is -4.20. The Morgan fingerprint density at radius 2 is 2.14 bits per heavy atom. The predicted octanol–water partition coefficient (Wildman–Crippen LogP) is 1.43. The Morgan fingerprint density at radius 1 is 1.48 bits per heavy atom. The van der Waals surface area contributed by atoms with Gasteiger partial charge in [0.1, 0.15) is 4.90 Å². The Kier molecular flexibility index (Phi) is 4.66. The first-order valence-electron chi connectivity index (χ1n) is 6.14. The molecule has 21 heavy (non-hydrogen) atoms. The number of carboxylic acid groups (broad SMARTS) is 1. The lowest BCUT2D eigenvalue weighted by atomic mass is 10.2. The molecule has 0 radical (unpaired) electrons. The van der Waals surface area contributed by atoms with Gasteiger partial charge in [-0.1, -0.05) is 15.9 Å². The number of carbonyl (C=O) groups is 1. The average Bonchev–Trinajstić information content (AvgIpc) is 2.89. The van der Waals surface area contributed by atoms with Crippen molar-refractivity contribution in [3.05, 3.63) is 28.0 Å². The molecule has 1 fully saturated rings. The van der Waals surface area contributed by atoms with E-state index in [0.717, 1.165) is 16.4 Å². The summed E-state index contributed by atoms with van der Waals surface area (Å²) in [6, 6.07) is 1.43. The fraction of sp³-hybridized carbons (Fsp3) is 0.417. The van der Waals surface area contributed by atoms with Crippen molar-refractivity contribution in [1.29, 1.82) is 0 Å². The number of aromatic carboxylic acids is 1. The summed E-state index contributed by atoms with van der Waals surface area (Å²) in [7, 11) is -4.20. The minimum Gasteiger partial charge on any atom is -0.478 e. The molecular weight excluding hydrogens is 369 g/mol. The van der Waals surface area contributed by atoms with Crippen LogP contribution >= 0.6 is 15.9 Å². The Bertz CT molecular complexity index is 678. The minimum absolute atomic E-state index is 0.152. The van der Waals surface area contributed by atoms with Crippen LogP contribution in [-0.4, -0.2) is 48.1 Å². The van der Waals surface area contributed by atoms with Crippen LogP contribution in [0.5, 0.6) is 0 Å². The van der Waals surface area contributed by atoms with Crippen molar-refractivity contribution in [3.63, 3.8) is 0 Å². The normalized spacial score (nSPS) is 19.9. The van der Waals surface area contributed by atoms with Gasteiger partial charge in [0.2, 0.25) is 10.0 Å². The van der Waals surface area contributed by atoms with Gasteiger partial charge < -0.3 is 10.2 Å². The van der Waals surface area contributed by atoms with Gasteiger partial charge in [0.25, 0.3) is 0 Å². The van der Waals surface area contributed by atoms with Gasteiger partial charge in [-0.3, -0.25) is 0 Å². The third kappa shape index (κ3) is 2.96. The summed E-state index contributed by atoms with van der Waals surface area (Å²) in [6.45, 7) is -0.192.